The lowest BCUT2D eigenvalue weighted by atomic mass is 10.1. The average Bonchev–Trinajstić information content (AvgIpc) is 2.72. The van der Waals surface area contributed by atoms with E-state index in [-0.39, 0.29) is 11.9 Å². The van der Waals surface area contributed by atoms with Crippen molar-refractivity contribution < 1.29 is 14.6 Å². The van der Waals surface area contributed by atoms with E-state index in [4.69, 9.17) is 4.74 Å². The monoisotopic (exact) mass is 281 g/mol. The van der Waals surface area contributed by atoms with Crippen LogP contribution in [0.2, 0.25) is 0 Å². The molecule has 0 bridgehead atoms. The van der Waals surface area contributed by atoms with Gasteiger partial charge in [0.25, 0.3) is 0 Å². The molecule has 5 heteroatoms. The molecule has 0 radical (unpaired) electrons. The highest BCUT2D eigenvalue weighted by molar-refractivity contribution is 7.99. The first-order valence-corrected chi connectivity index (χ1v) is 7.49. The number of benzene rings is 1. The van der Waals surface area contributed by atoms with Crippen molar-refractivity contribution in [2.24, 2.45) is 0 Å². The van der Waals surface area contributed by atoms with Crippen LogP contribution in [0, 0.1) is 0 Å². The second-order valence-corrected chi connectivity index (χ2v) is 5.67. The Kier molecular flexibility index (Phi) is 5.24. The van der Waals surface area contributed by atoms with Gasteiger partial charge in [0, 0.05) is 19.3 Å². The fourth-order valence-electron chi connectivity index (χ4n) is 2.27. The van der Waals surface area contributed by atoms with Gasteiger partial charge in [-0.15, -0.1) is 11.8 Å². The van der Waals surface area contributed by atoms with Gasteiger partial charge in [-0.3, -0.25) is 4.79 Å². The van der Waals surface area contributed by atoms with Crippen molar-refractivity contribution in [2.45, 2.75) is 18.6 Å². The molecule has 1 aromatic carbocycles. The molecule has 0 aromatic heterocycles. The van der Waals surface area contributed by atoms with Crippen LogP contribution in [-0.2, 0) is 16.0 Å². The fraction of sp³-hybridized carbons (Fsp3) is 0.500. The lowest BCUT2D eigenvalue weighted by Crippen LogP contribution is -2.35. The summed E-state index contributed by atoms with van der Waals surface area (Å²) in [5, 5.41) is 12.9. The molecule has 19 heavy (non-hydrogen) atoms. The number of rotatable bonds is 6. The Morgan fingerprint density at radius 1 is 1.53 bits per heavy atom. The number of thioether (sulfide) groups is 1. The van der Waals surface area contributed by atoms with Crippen LogP contribution >= 0.6 is 11.8 Å². The molecule has 1 aliphatic carbocycles. The molecule has 104 valence electrons. The maximum atomic E-state index is 11.8. The lowest BCUT2D eigenvalue weighted by molar-refractivity contribution is -0.120. The molecular formula is C14H19NO3S. The molecule has 2 N–H and O–H groups in total. The molecule has 1 aromatic rings. The van der Waals surface area contributed by atoms with Gasteiger partial charge in [-0.1, -0.05) is 24.3 Å². The van der Waals surface area contributed by atoms with Crippen molar-refractivity contribution in [2.75, 3.05) is 25.2 Å². The summed E-state index contributed by atoms with van der Waals surface area (Å²) in [6.07, 6.45) is 0.0862. The van der Waals surface area contributed by atoms with E-state index in [1.54, 1.807) is 7.11 Å². The quantitative estimate of drug-likeness (QED) is 0.768. The van der Waals surface area contributed by atoms with Crippen LogP contribution in [0.1, 0.15) is 17.2 Å². The highest BCUT2D eigenvalue weighted by Crippen LogP contribution is 2.31. The number of hydrogen-bond acceptors (Lipinski definition) is 4. The fourth-order valence-corrected chi connectivity index (χ4v) is 2.97. The number of fused-ring (bicyclic) bond motifs is 1. The van der Waals surface area contributed by atoms with Gasteiger partial charge in [-0.05, 0) is 11.1 Å². The number of methoxy groups -OCH3 is 1. The molecule has 4 nitrogen and oxygen atoms in total. The summed E-state index contributed by atoms with van der Waals surface area (Å²) in [6, 6.07) is 7.58. The summed E-state index contributed by atoms with van der Waals surface area (Å²) in [6.45, 7) is 0.646. The smallest absolute Gasteiger partial charge is 0.230 e. The minimum Gasteiger partial charge on any atom is -0.390 e. The molecule has 2 unspecified atom stereocenters. The third-order valence-electron chi connectivity index (χ3n) is 3.19. The second-order valence-electron chi connectivity index (χ2n) is 4.56. The molecule has 2 atom stereocenters. The van der Waals surface area contributed by atoms with Gasteiger partial charge in [0.05, 0.1) is 24.5 Å². The van der Waals surface area contributed by atoms with E-state index in [1.807, 2.05) is 24.3 Å². The first-order valence-electron chi connectivity index (χ1n) is 6.34. The van der Waals surface area contributed by atoms with Gasteiger partial charge < -0.3 is 15.2 Å². The van der Waals surface area contributed by atoms with Gasteiger partial charge >= 0.3 is 0 Å². The van der Waals surface area contributed by atoms with Gasteiger partial charge in [0.2, 0.25) is 5.91 Å². The second kappa shape index (κ2) is 6.93. The molecule has 0 saturated heterocycles. The zero-order valence-electron chi connectivity index (χ0n) is 11.0. The largest absolute Gasteiger partial charge is 0.390 e. The zero-order valence-corrected chi connectivity index (χ0v) is 11.8. The van der Waals surface area contributed by atoms with Crippen LogP contribution in [-0.4, -0.2) is 42.3 Å². The standard InChI is InChI=1S/C14H19NO3S/c1-18-6-7-19-9-13(17)15-14-11-5-3-2-4-10(11)8-12(14)16/h2-5,12,14,16H,6-9H2,1H3,(H,15,17). The molecule has 0 fully saturated rings. The van der Waals surface area contributed by atoms with Crippen molar-refractivity contribution in [1.82, 2.24) is 5.32 Å². The summed E-state index contributed by atoms with van der Waals surface area (Å²) < 4.78 is 4.93. The summed E-state index contributed by atoms with van der Waals surface area (Å²) in [4.78, 5) is 11.8. The Balaban J connectivity index is 1.87. The van der Waals surface area contributed by atoms with Gasteiger partial charge in [-0.2, -0.15) is 0 Å². The highest BCUT2D eigenvalue weighted by atomic mass is 32.2. The van der Waals surface area contributed by atoms with E-state index < -0.39 is 6.10 Å². The Labute approximate surface area is 117 Å². The lowest BCUT2D eigenvalue weighted by Gasteiger charge is -2.17. The predicted octanol–water partition coefficient (Wildman–Crippen LogP) is 1.14. The number of hydrogen-bond donors (Lipinski definition) is 2. The van der Waals surface area contributed by atoms with Crippen LogP contribution < -0.4 is 5.32 Å². The third-order valence-corrected chi connectivity index (χ3v) is 4.11. The normalized spacial score (nSPS) is 21.2. The zero-order chi connectivity index (χ0) is 13.7. The molecular weight excluding hydrogens is 262 g/mol. The summed E-state index contributed by atoms with van der Waals surface area (Å²) in [5.74, 6) is 1.16. The van der Waals surface area contributed by atoms with E-state index in [1.165, 1.54) is 11.8 Å². The minimum atomic E-state index is -0.523. The molecule has 0 saturated carbocycles. The Morgan fingerprint density at radius 3 is 3.11 bits per heavy atom. The summed E-state index contributed by atoms with van der Waals surface area (Å²) in [7, 11) is 1.65. The van der Waals surface area contributed by atoms with Crippen molar-refractivity contribution in [3.63, 3.8) is 0 Å². The third kappa shape index (κ3) is 3.72. The van der Waals surface area contributed by atoms with Crippen molar-refractivity contribution >= 4 is 17.7 Å². The SMILES string of the molecule is COCCSCC(=O)NC1c2ccccc2CC1O. The van der Waals surface area contributed by atoms with Crippen LogP contribution in [0.25, 0.3) is 0 Å². The van der Waals surface area contributed by atoms with Crippen LogP contribution in [0.4, 0.5) is 0 Å². The average molecular weight is 281 g/mol. The number of carbonyl (C=O) groups excluding carboxylic acids is 1. The molecule has 1 amide bonds. The molecule has 2 rings (SSSR count). The maximum absolute atomic E-state index is 11.8. The van der Waals surface area contributed by atoms with Crippen molar-refractivity contribution in [1.29, 1.82) is 0 Å². The Bertz CT molecular complexity index is 438. The number of nitrogens with one attached hydrogen (secondary N) is 1. The van der Waals surface area contributed by atoms with E-state index in [2.05, 4.69) is 5.32 Å². The molecule has 0 heterocycles. The van der Waals surface area contributed by atoms with Gasteiger partial charge in [-0.25, -0.2) is 0 Å². The van der Waals surface area contributed by atoms with E-state index in [0.29, 0.717) is 18.8 Å². The molecule has 1 aliphatic rings. The number of aliphatic hydroxyl groups is 1. The van der Waals surface area contributed by atoms with Gasteiger partial charge in [0.15, 0.2) is 0 Å². The Hall–Kier alpha value is -1.04. The highest BCUT2D eigenvalue weighted by Gasteiger charge is 2.31. The number of amides is 1. The topological polar surface area (TPSA) is 58.6 Å². The first-order chi connectivity index (χ1) is 9.22. The molecule has 0 spiro atoms. The van der Waals surface area contributed by atoms with Crippen molar-refractivity contribution in [3.05, 3.63) is 35.4 Å². The maximum Gasteiger partial charge on any atom is 0.230 e. The minimum absolute atomic E-state index is 0.0399. The number of carbonyl (C=O) groups is 1. The van der Waals surface area contributed by atoms with Crippen LogP contribution in [0.15, 0.2) is 24.3 Å². The van der Waals surface area contributed by atoms with Crippen molar-refractivity contribution in [3.8, 4) is 0 Å². The van der Waals surface area contributed by atoms with E-state index in [0.717, 1.165) is 16.9 Å². The van der Waals surface area contributed by atoms with Crippen LogP contribution in [0.5, 0.6) is 0 Å². The van der Waals surface area contributed by atoms with Crippen LogP contribution in [0.3, 0.4) is 0 Å². The van der Waals surface area contributed by atoms with E-state index >= 15 is 0 Å². The Morgan fingerprint density at radius 2 is 2.32 bits per heavy atom. The number of aliphatic hydroxyl groups excluding tert-OH is 1. The molecule has 0 aliphatic heterocycles. The summed E-state index contributed by atoms with van der Waals surface area (Å²) >= 11 is 1.53. The number of ether oxygens (including phenoxy) is 1. The van der Waals surface area contributed by atoms with E-state index in [9.17, 15) is 9.90 Å². The summed E-state index contributed by atoms with van der Waals surface area (Å²) in [5.41, 5.74) is 2.15. The first kappa shape index (κ1) is 14.4. The van der Waals surface area contributed by atoms with Gasteiger partial charge in [0.1, 0.15) is 0 Å². The predicted molar refractivity (Wildman–Crippen MR) is 76.2 cm³/mol.